The minimum absolute atomic E-state index is 0.149. The van der Waals surface area contributed by atoms with Crippen LogP contribution in [0.15, 0.2) is 34.1 Å². The molecule has 1 aromatic carbocycles. The van der Waals surface area contributed by atoms with E-state index in [1.54, 1.807) is 11.3 Å². The molecule has 1 nitrogen and oxygen atoms in total. The molecule has 2 N–H and O–H groups in total. The highest BCUT2D eigenvalue weighted by Gasteiger charge is 2.15. The Morgan fingerprint density at radius 2 is 2.06 bits per heavy atom. The number of rotatable bonds is 2. The molecule has 84 valence electrons. The zero-order valence-corrected chi connectivity index (χ0v) is 11.9. The van der Waals surface area contributed by atoms with E-state index in [0.717, 1.165) is 24.8 Å². The SMILES string of the molecule is Cc1cccc(C(N)c2ccc(Br)s2)c1Cl. The van der Waals surface area contributed by atoms with Gasteiger partial charge in [-0.15, -0.1) is 11.3 Å². The van der Waals surface area contributed by atoms with Gasteiger partial charge in [-0.1, -0.05) is 29.8 Å². The number of thiophene rings is 1. The van der Waals surface area contributed by atoms with Crippen molar-refractivity contribution in [2.75, 3.05) is 0 Å². The van der Waals surface area contributed by atoms with Crippen LogP contribution >= 0.6 is 38.9 Å². The van der Waals surface area contributed by atoms with Gasteiger partial charge in [0.15, 0.2) is 0 Å². The van der Waals surface area contributed by atoms with Crippen molar-refractivity contribution in [3.63, 3.8) is 0 Å². The first kappa shape index (κ1) is 12.1. The average Bonchev–Trinajstić information content (AvgIpc) is 2.68. The fraction of sp³-hybridized carbons (Fsp3) is 0.167. The van der Waals surface area contributed by atoms with E-state index in [9.17, 15) is 0 Å². The van der Waals surface area contributed by atoms with Crippen molar-refractivity contribution in [2.45, 2.75) is 13.0 Å². The first-order chi connectivity index (χ1) is 7.59. The van der Waals surface area contributed by atoms with Crippen LogP contribution in [-0.4, -0.2) is 0 Å². The highest BCUT2D eigenvalue weighted by molar-refractivity contribution is 9.11. The van der Waals surface area contributed by atoms with Gasteiger partial charge in [0.2, 0.25) is 0 Å². The standard InChI is InChI=1S/C12H11BrClNS/c1-7-3-2-4-8(11(7)14)12(15)9-5-6-10(13)16-9/h2-6,12H,15H2,1H3. The van der Waals surface area contributed by atoms with Gasteiger partial charge in [0.25, 0.3) is 0 Å². The van der Waals surface area contributed by atoms with Crippen LogP contribution in [0.4, 0.5) is 0 Å². The van der Waals surface area contributed by atoms with E-state index in [1.165, 1.54) is 0 Å². The largest absolute Gasteiger partial charge is 0.320 e. The highest BCUT2D eigenvalue weighted by Crippen LogP contribution is 2.33. The molecule has 0 spiro atoms. The van der Waals surface area contributed by atoms with Crippen molar-refractivity contribution in [1.29, 1.82) is 0 Å². The van der Waals surface area contributed by atoms with Crippen molar-refractivity contribution in [3.8, 4) is 0 Å². The third kappa shape index (κ3) is 2.33. The molecule has 0 fully saturated rings. The molecule has 0 radical (unpaired) electrons. The Morgan fingerprint density at radius 3 is 2.69 bits per heavy atom. The summed E-state index contributed by atoms with van der Waals surface area (Å²) in [5, 5.41) is 0.763. The lowest BCUT2D eigenvalue weighted by atomic mass is 10.0. The van der Waals surface area contributed by atoms with Crippen LogP contribution in [-0.2, 0) is 0 Å². The Bertz CT molecular complexity index is 509. The molecule has 0 aliphatic carbocycles. The number of hydrogen-bond donors (Lipinski definition) is 1. The molecule has 0 amide bonds. The zero-order valence-electron chi connectivity index (χ0n) is 8.71. The van der Waals surface area contributed by atoms with E-state index in [1.807, 2.05) is 37.3 Å². The molecular weight excluding hydrogens is 306 g/mol. The van der Waals surface area contributed by atoms with Gasteiger partial charge in [-0.3, -0.25) is 0 Å². The minimum Gasteiger partial charge on any atom is -0.320 e. The molecule has 1 heterocycles. The van der Waals surface area contributed by atoms with E-state index in [0.29, 0.717) is 0 Å². The second-order valence-corrected chi connectivity index (χ2v) is 6.47. The first-order valence-corrected chi connectivity index (χ1v) is 6.84. The van der Waals surface area contributed by atoms with Crippen LogP contribution in [0.1, 0.15) is 22.0 Å². The molecule has 4 heteroatoms. The summed E-state index contributed by atoms with van der Waals surface area (Å²) >= 11 is 11.3. The van der Waals surface area contributed by atoms with Crippen molar-refractivity contribution in [1.82, 2.24) is 0 Å². The summed E-state index contributed by atoms with van der Waals surface area (Å²) in [4.78, 5) is 1.11. The normalized spacial score (nSPS) is 12.8. The lowest BCUT2D eigenvalue weighted by Crippen LogP contribution is -2.11. The number of benzene rings is 1. The van der Waals surface area contributed by atoms with Gasteiger partial charge in [-0.2, -0.15) is 0 Å². The first-order valence-electron chi connectivity index (χ1n) is 4.85. The molecule has 0 saturated carbocycles. The highest BCUT2D eigenvalue weighted by atomic mass is 79.9. The summed E-state index contributed by atoms with van der Waals surface area (Å²) in [7, 11) is 0. The Morgan fingerprint density at radius 1 is 1.31 bits per heavy atom. The lowest BCUT2D eigenvalue weighted by Gasteiger charge is -2.13. The zero-order chi connectivity index (χ0) is 11.7. The molecule has 0 saturated heterocycles. The van der Waals surface area contributed by atoms with Crippen LogP contribution in [0.3, 0.4) is 0 Å². The second kappa shape index (κ2) is 4.88. The maximum atomic E-state index is 6.26. The van der Waals surface area contributed by atoms with Crippen molar-refractivity contribution >= 4 is 38.9 Å². The third-order valence-electron chi connectivity index (χ3n) is 2.46. The minimum atomic E-state index is -0.149. The van der Waals surface area contributed by atoms with Gasteiger partial charge < -0.3 is 5.73 Å². The number of nitrogens with two attached hydrogens (primary N) is 1. The van der Waals surface area contributed by atoms with E-state index < -0.39 is 0 Å². The fourth-order valence-corrected chi connectivity index (χ4v) is 3.25. The lowest BCUT2D eigenvalue weighted by molar-refractivity contribution is 0.892. The van der Waals surface area contributed by atoms with Crippen LogP contribution < -0.4 is 5.73 Å². The second-order valence-electron chi connectivity index (χ2n) is 3.60. The molecule has 0 bridgehead atoms. The quantitative estimate of drug-likeness (QED) is 0.866. The van der Waals surface area contributed by atoms with Crippen LogP contribution in [0.5, 0.6) is 0 Å². The van der Waals surface area contributed by atoms with Crippen LogP contribution in [0.25, 0.3) is 0 Å². The molecule has 2 aromatic rings. The van der Waals surface area contributed by atoms with E-state index in [4.69, 9.17) is 17.3 Å². The molecule has 16 heavy (non-hydrogen) atoms. The predicted octanol–water partition coefficient (Wildman–Crippen LogP) is 4.52. The summed E-state index contributed by atoms with van der Waals surface area (Å²) in [6, 6.07) is 9.83. The summed E-state index contributed by atoms with van der Waals surface area (Å²) in [5.41, 5.74) is 8.25. The van der Waals surface area contributed by atoms with Crippen molar-refractivity contribution in [2.24, 2.45) is 5.73 Å². The van der Waals surface area contributed by atoms with Crippen molar-refractivity contribution < 1.29 is 0 Å². The van der Waals surface area contributed by atoms with E-state index >= 15 is 0 Å². The van der Waals surface area contributed by atoms with Crippen molar-refractivity contribution in [3.05, 3.63) is 55.1 Å². The molecule has 2 rings (SSSR count). The third-order valence-corrected chi connectivity index (χ3v) is 4.68. The average molecular weight is 317 g/mol. The number of halogens is 2. The van der Waals surface area contributed by atoms with Gasteiger partial charge >= 0.3 is 0 Å². The maximum Gasteiger partial charge on any atom is 0.0702 e. The topological polar surface area (TPSA) is 26.0 Å². The Hall–Kier alpha value is -0.350. The fourth-order valence-electron chi connectivity index (χ4n) is 1.56. The predicted molar refractivity (Wildman–Crippen MR) is 74.2 cm³/mol. The Balaban J connectivity index is 2.41. The molecule has 1 atom stereocenters. The summed E-state index contributed by atoms with van der Waals surface area (Å²) in [5.74, 6) is 0. The van der Waals surface area contributed by atoms with Crippen LogP contribution in [0, 0.1) is 6.92 Å². The monoisotopic (exact) mass is 315 g/mol. The summed E-state index contributed by atoms with van der Waals surface area (Å²) in [6.07, 6.45) is 0. The molecule has 0 aliphatic heterocycles. The van der Waals surface area contributed by atoms with Gasteiger partial charge in [-0.05, 0) is 46.1 Å². The van der Waals surface area contributed by atoms with Gasteiger partial charge in [0.05, 0.1) is 9.83 Å². The number of hydrogen-bond acceptors (Lipinski definition) is 2. The van der Waals surface area contributed by atoms with E-state index in [-0.39, 0.29) is 6.04 Å². The van der Waals surface area contributed by atoms with Crippen LogP contribution in [0.2, 0.25) is 5.02 Å². The molecule has 1 unspecified atom stereocenters. The summed E-state index contributed by atoms with van der Waals surface area (Å²) in [6.45, 7) is 1.99. The maximum absolute atomic E-state index is 6.26. The Kier molecular flexibility index (Phi) is 3.70. The van der Waals surface area contributed by atoms with Gasteiger partial charge in [0.1, 0.15) is 0 Å². The number of aryl methyl sites for hydroxylation is 1. The van der Waals surface area contributed by atoms with E-state index in [2.05, 4.69) is 15.9 Å². The molecule has 1 aromatic heterocycles. The smallest absolute Gasteiger partial charge is 0.0702 e. The summed E-state index contributed by atoms with van der Waals surface area (Å²) < 4.78 is 1.08. The van der Waals surface area contributed by atoms with Gasteiger partial charge in [0, 0.05) is 9.90 Å². The molecular formula is C12H11BrClNS. The molecule has 0 aliphatic rings. The Labute approximate surface area is 112 Å². The van der Waals surface area contributed by atoms with Gasteiger partial charge in [-0.25, -0.2) is 0 Å².